The van der Waals surface area contributed by atoms with Crippen LogP contribution in [-0.4, -0.2) is 45.6 Å². The van der Waals surface area contributed by atoms with E-state index in [1.807, 2.05) is 0 Å². The quantitative estimate of drug-likeness (QED) is 0.228. The summed E-state index contributed by atoms with van der Waals surface area (Å²) in [5.41, 5.74) is 1.31. The summed E-state index contributed by atoms with van der Waals surface area (Å²) in [6, 6.07) is -0.998. The zero-order valence-corrected chi connectivity index (χ0v) is 19.2. The molecule has 168 valence electrons. The van der Waals surface area contributed by atoms with E-state index in [1.54, 1.807) is 0 Å². The lowest BCUT2D eigenvalue weighted by Crippen LogP contribution is -2.42. The molecule has 29 heavy (non-hydrogen) atoms. The zero-order valence-electron chi connectivity index (χ0n) is 18.4. The monoisotopic (exact) mass is 429 g/mol. The largest absolute Gasteiger partial charge is 0.481 e. The molecule has 0 aromatic rings. The van der Waals surface area contributed by atoms with Gasteiger partial charge in [-0.15, -0.1) is 0 Å². The Bertz CT molecular complexity index is 533. The number of aliphatic carboxylic acids is 2. The maximum Gasteiger partial charge on any atom is 0.327 e. The number of allylic oxidation sites excluding steroid dienone is 1. The molecule has 3 N–H and O–H groups in total. The zero-order chi connectivity index (χ0) is 22.2. The number of carboxylic acids is 2. The molecule has 7 heteroatoms. The number of thioether (sulfide) groups is 1. The molecule has 0 saturated heterocycles. The number of carbonyl (C=O) groups is 3. The highest BCUT2D eigenvalue weighted by molar-refractivity contribution is 7.99. The fourth-order valence-corrected chi connectivity index (χ4v) is 3.90. The van der Waals surface area contributed by atoms with E-state index in [-0.39, 0.29) is 18.6 Å². The standard InChI is InChI=1S/C22H39NO5S/c1-16(2)7-5-8-17(3)9-6-10-18(4)13-14-29-15-19(22(27)28)23-20(24)11-12-21(25)26/h13,16-17,19H,5-12,14-15H2,1-4H3,(H,23,24)(H,25,26)(H,27,28)/b18-13+. The number of carboxylic acid groups (broad SMARTS) is 2. The Hall–Kier alpha value is -1.50. The van der Waals surface area contributed by atoms with Crippen molar-refractivity contribution >= 4 is 29.6 Å². The van der Waals surface area contributed by atoms with E-state index >= 15 is 0 Å². The maximum atomic E-state index is 11.6. The topological polar surface area (TPSA) is 104 Å². The highest BCUT2D eigenvalue weighted by Crippen LogP contribution is 2.19. The molecular weight excluding hydrogens is 390 g/mol. The summed E-state index contributed by atoms with van der Waals surface area (Å²) < 4.78 is 0. The smallest absolute Gasteiger partial charge is 0.327 e. The number of nitrogens with one attached hydrogen (secondary N) is 1. The highest BCUT2D eigenvalue weighted by Gasteiger charge is 2.19. The third-order valence-electron chi connectivity index (χ3n) is 4.78. The van der Waals surface area contributed by atoms with E-state index in [4.69, 9.17) is 5.11 Å². The van der Waals surface area contributed by atoms with Crippen molar-refractivity contribution < 1.29 is 24.6 Å². The van der Waals surface area contributed by atoms with Crippen molar-refractivity contribution in [2.24, 2.45) is 11.8 Å². The Labute approximate surface area is 179 Å². The van der Waals surface area contributed by atoms with Crippen LogP contribution in [0.4, 0.5) is 0 Å². The van der Waals surface area contributed by atoms with Crippen LogP contribution in [0.25, 0.3) is 0 Å². The first kappa shape index (κ1) is 27.5. The molecule has 0 radical (unpaired) electrons. The van der Waals surface area contributed by atoms with Gasteiger partial charge < -0.3 is 15.5 Å². The molecule has 0 heterocycles. The minimum absolute atomic E-state index is 0.210. The SMILES string of the molecule is C/C(=C\CSCC(NC(=O)CCC(=O)O)C(=O)O)CCCC(C)CCCC(C)C. The van der Waals surface area contributed by atoms with Crippen molar-refractivity contribution in [3.8, 4) is 0 Å². The second-order valence-electron chi connectivity index (χ2n) is 8.26. The van der Waals surface area contributed by atoms with Gasteiger partial charge in [0.05, 0.1) is 6.42 Å². The van der Waals surface area contributed by atoms with Crippen LogP contribution in [0, 0.1) is 11.8 Å². The molecule has 6 nitrogen and oxygen atoms in total. The molecule has 0 spiro atoms. The molecule has 2 atom stereocenters. The van der Waals surface area contributed by atoms with Crippen molar-refractivity contribution in [1.82, 2.24) is 5.32 Å². The molecule has 0 rings (SSSR count). The summed E-state index contributed by atoms with van der Waals surface area (Å²) in [5, 5.41) is 20.2. The lowest BCUT2D eigenvalue weighted by atomic mass is 9.94. The lowest BCUT2D eigenvalue weighted by molar-refractivity contribution is -0.141. The van der Waals surface area contributed by atoms with Crippen molar-refractivity contribution in [3.63, 3.8) is 0 Å². The van der Waals surface area contributed by atoms with Gasteiger partial charge in [-0.2, -0.15) is 11.8 Å². The van der Waals surface area contributed by atoms with E-state index in [0.717, 1.165) is 18.3 Å². The number of hydrogen-bond donors (Lipinski definition) is 3. The molecular formula is C22H39NO5S. The second-order valence-corrected chi connectivity index (χ2v) is 9.34. The Morgan fingerprint density at radius 3 is 2.21 bits per heavy atom. The van der Waals surface area contributed by atoms with Crippen LogP contribution in [0.1, 0.15) is 79.1 Å². The van der Waals surface area contributed by atoms with Crippen LogP contribution in [0.5, 0.6) is 0 Å². The third kappa shape index (κ3) is 17.1. The maximum absolute atomic E-state index is 11.6. The summed E-state index contributed by atoms with van der Waals surface area (Å²) in [5.74, 6) is -0.231. The number of hydrogen-bond acceptors (Lipinski definition) is 4. The van der Waals surface area contributed by atoms with Crippen LogP contribution >= 0.6 is 11.8 Å². The first-order valence-corrected chi connectivity index (χ1v) is 11.7. The van der Waals surface area contributed by atoms with Crippen molar-refractivity contribution in [2.45, 2.75) is 85.1 Å². The molecule has 2 unspecified atom stereocenters. The first-order chi connectivity index (χ1) is 13.6. The fourth-order valence-electron chi connectivity index (χ4n) is 2.90. The average molecular weight is 430 g/mol. The Balaban J connectivity index is 4.04. The molecule has 0 aliphatic heterocycles. The van der Waals surface area contributed by atoms with E-state index in [0.29, 0.717) is 5.75 Å². The molecule has 0 aromatic carbocycles. The molecule has 0 aromatic heterocycles. The van der Waals surface area contributed by atoms with Gasteiger partial charge in [0.25, 0.3) is 0 Å². The first-order valence-electron chi connectivity index (χ1n) is 10.6. The summed E-state index contributed by atoms with van der Waals surface area (Å²) >= 11 is 1.45. The average Bonchev–Trinajstić information content (AvgIpc) is 2.61. The predicted octanol–water partition coefficient (Wildman–Crippen LogP) is 4.73. The Morgan fingerprint density at radius 2 is 1.62 bits per heavy atom. The molecule has 1 amide bonds. The molecule has 0 fully saturated rings. The van der Waals surface area contributed by atoms with E-state index in [9.17, 15) is 19.5 Å². The Morgan fingerprint density at radius 1 is 0.966 bits per heavy atom. The van der Waals surface area contributed by atoms with Gasteiger partial charge >= 0.3 is 11.9 Å². The van der Waals surface area contributed by atoms with Crippen molar-refractivity contribution in [3.05, 3.63) is 11.6 Å². The van der Waals surface area contributed by atoms with Gasteiger partial charge in [0.2, 0.25) is 5.91 Å². The van der Waals surface area contributed by atoms with Gasteiger partial charge in [0.15, 0.2) is 0 Å². The minimum Gasteiger partial charge on any atom is -0.481 e. The normalized spacial score (nSPS) is 13.9. The minimum atomic E-state index is -1.10. The van der Waals surface area contributed by atoms with Gasteiger partial charge in [0, 0.05) is 17.9 Å². The van der Waals surface area contributed by atoms with Crippen LogP contribution < -0.4 is 5.32 Å². The summed E-state index contributed by atoms with van der Waals surface area (Å²) in [6.07, 6.45) is 8.99. The van der Waals surface area contributed by atoms with Gasteiger partial charge in [-0.05, 0) is 31.6 Å². The van der Waals surface area contributed by atoms with Crippen LogP contribution in [0.15, 0.2) is 11.6 Å². The molecule has 0 aliphatic carbocycles. The van der Waals surface area contributed by atoms with Crippen LogP contribution in [0.3, 0.4) is 0 Å². The molecule has 0 saturated carbocycles. The van der Waals surface area contributed by atoms with Crippen molar-refractivity contribution in [1.29, 1.82) is 0 Å². The summed E-state index contributed by atoms with van der Waals surface area (Å²) in [4.78, 5) is 33.3. The molecule has 0 bridgehead atoms. The summed E-state index contributed by atoms with van der Waals surface area (Å²) in [7, 11) is 0. The van der Waals surface area contributed by atoms with Gasteiger partial charge in [-0.3, -0.25) is 9.59 Å². The van der Waals surface area contributed by atoms with E-state index in [2.05, 4.69) is 39.1 Å². The van der Waals surface area contributed by atoms with E-state index < -0.39 is 23.9 Å². The number of rotatable bonds is 17. The third-order valence-corrected chi connectivity index (χ3v) is 5.75. The van der Waals surface area contributed by atoms with Gasteiger partial charge in [0.1, 0.15) is 6.04 Å². The predicted molar refractivity (Wildman–Crippen MR) is 119 cm³/mol. The lowest BCUT2D eigenvalue weighted by Gasteiger charge is -2.14. The van der Waals surface area contributed by atoms with Gasteiger partial charge in [-0.25, -0.2) is 4.79 Å². The van der Waals surface area contributed by atoms with Gasteiger partial charge in [-0.1, -0.05) is 58.1 Å². The molecule has 0 aliphatic rings. The Kier molecular flexibility index (Phi) is 15.5. The highest BCUT2D eigenvalue weighted by atomic mass is 32.2. The van der Waals surface area contributed by atoms with Crippen molar-refractivity contribution in [2.75, 3.05) is 11.5 Å². The van der Waals surface area contributed by atoms with Crippen LogP contribution in [0.2, 0.25) is 0 Å². The summed E-state index contributed by atoms with van der Waals surface area (Å²) in [6.45, 7) is 8.96. The second kappa shape index (κ2) is 16.3. The number of carbonyl (C=O) groups excluding carboxylic acids is 1. The fraction of sp³-hybridized carbons (Fsp3) is 0.773. The van der Waals surface area contributed by atoms with E-state index in [1.165, 1.54) is 49.4 Å². The van der Waals surface area contributed by atoms with Crippen LogP contribution in [-0.2, 0) is 14.4 Å². The number of amides is 1.